The van der Waals surface area contributed by atoms with Crippen molar-refractivity contribution in [3.63, 3.8) is 0 Å². The molecule has 4 nitrogen and oxygen atoms in total. The van der Waals surface area contributed by atoms with Gasteiger partial charge in [-0.2, -0.15) is 0 Å². The molecule has 0 saturated heterocycles. The van der Waals surface area contributed by atoms with Gasteiger partial charge < -0.3 is 21.3 Å². The molecule has 0 fully saturated rings. The topological polar surface area (TPSA) is 48.1 Å². The van der Waals surface area contributed by atoms with Crippen molar-refractivity contribution < 1.29 is 0 Å². The zero-order valence-corrected chi connectivity index (χ0v) is 13.8. The zero-order chi connectivity index (χ0) is 16.9. The Morgan fingerprint density at radius 2 is 0.960 bits per heavy atom. The maximum absolute atomic E-state index is 3.31. The van der Waals surface area contributed by atoms with E-state index in [2.05, 4.69) is 57.7 Å². The summed E-state index contributed by atoms with van der Waals surface area (Å²) >= 11 is 0. The van der Waals surface area contributed by atoms with Crippen LogP contribution in [0.1, 0.15) is 6.42 Å². The molecule has 0 bridgehead atoms. The Labute approximate surface area is 147 Å². The standard InChI is InChI=1S/C21H20N4/c1-3-9-22-18(5-1)20-14-16(7-11-24-20)13-17-8-12-25-21(15-17)19-6-2-4-10-23-19/h1-12,14-15,22-25H,13H2. The van der Waals surface area contributed by atoms with E-state index in [0.29, 0.717) is 0 Å². The van der Waals surface area contributed by atoms with Crippen LogP contribution in [0.4, 0.5) is 0 Å². The van der Waals surface area contributed by atoms with Crippen LogP contribution in [-0.4, -0.2) is 0 Å². The van der Waals surface area contributed by atoms with Crippen molar-refractivity contribution in [3.8, 4) is 0 Å². The van der Waals surface area contributed by atoms with Crippen molar-refractivity contribution in [2.45, 2.75) is 6.42 Å². The fourth-order valence-corrected chi connectivity index (χ4v) is 2.92. The van der Waals surface area contributed by atoms with Gasteiger partial charge in [-0.3, -0.25) is 0 Å². The lowest BCUT2D eigenvalue weighted by Gasteiger charge is -2.19. The lowest BCUT2D eigenvalue weighted by atomic mass is 9.99. The molecular formula is C21H20N4. The highest BCUT2D eigenvalue weighted by atomic mass is 14.9. The number of hydrogen-bond acceptors (Lipinski definition) is 4. The highest BCUT2D eigenvalue weighted by molar-refractivity contribution is 5.48. The second kappa shape index (κ2) is 7.01. The largest absolute Gasteiger partial charge is 0.360 e. The Morgan fingerprint density at radius 3 is 1.40 bits per heavy atom. The van der Waals surface area contributed by atoms with Crippen molar-refractivity contribution >= 4 is 0 Å². The predicted molar refractivity (Wildman–Crippen MR) is 102 cm³/mol. The first-order valence-electron chi connectivity index (χ1n) is 8.34. The quantitative estimate of drug-likeness (QED) is 0.629. The van der Waals surface area contributed by atoms with Gasteiger partial charge in [0.05, 0.1) is 22.8 Å². The summed E-state index contributed by atoms with van der Waals surface area (Å²) in [6, 6.07) is 0. The third kappa shape index (κ3) is 3.58. The molecule has 4 N–H and O–H groups in total. The van der Waals surface area contributed by atoms with Crippen LogP contribution in [0.25, 0.3) is 0 Å². The first-order valence-corrected chi connectivity index (χ1v) is 8.34. The maximum atomic E-state index is 3.31. The molecule has 4 aliphatic heterocycles. The summed E-state index contributed by atoms with van der Waals surface area (Å²) in [5.74, 6) is 0. The second-order valence-corrected chi connectivity index (χ2v) is 5.95. The van der Waals surface area contributed by atoms with Gasteiger partial charge in [-0.15, -0.1) is 0 Å². The summed E-state index contributed by atoms with van der Waals surface area (Å²) in [6.45, 7) is 0. The molecule has 25 heavy (non-hydrogen) atoms. The zero-order valence-electron chi connectivity index (χ0n) is 13.8. The van der Waals surface area contributed by atoms with Crippen LogP contribution in [0.3, 0.4) is 0 Å². The average molecular weight is 328 g/mol. The SMILES string of the molecule is C1=CNC(=C2C=C(CC3=CC(=C4C=CC=CN4)NC=C3)C=CN2)C=C1. The molecule has 0 amide bonds. The monoisotopic (exact) mass is 328 g/mol. The molecule has 0 aromatic rings. The van der Waals surface area contributed by atoms with Crippen LogP contribution in [0.2, 0.25) is 0 Å². The number of rotatable bonds is 2. The Balaban J connectivity index is 1.55. The van der Waals surface area contributed by atoms with Crippen molar-refractivity contribution in [2.24, 2.45) is 0 Å². The molecule has 4 rings (SSSR count). The molecule has 0 aromatic heterocycles. The van der Waals surface area contributed by atoms with Crippen LogP contribution in [0.15, 0.2) is 119 Å². The van der Waals surface area contributed by atoms with Crippen LogP contribution in [0.5, 0.6) is 0 Å². The Morgan fingerprint density at radius 1 is 0.480 bits per heavy atom. The van der Waals surface area contributed by atoms with Crippen molar-refractivity contribution in [1.29, 1.82) is 0 Å². The lowest BCUT2D eigenvalue weighted by Crippen LogP contribution is -2.18. The minimum Gasteiger partial charge on any atom is -0.360 e. The molecule has 0 spiro atoms. The predicted octanol–water partition coefficient (Wildman–Crippen LogP) is 3.23. The molecule has 0 atom stereocenters. The molecule has 0 aliphatic carbocycles. The highest BCUT2D eigenvalue weighted by Crippen LogP contribution is 2.23. The number of nitrogens with one attached hydrogen (secondary N) is 4. The minimum absolute atomic E-state index is 0.878. The first-order chi connectivity index (χ1) is 12.4. The van der Waals surface area contributed by atoms with Crippen LogP contribution in [0, 0.1) is 0 Å². The van der Waals surface area contributed by atoms with Crippen molar-refractivity contribution in [3.05, 3.63) is 119 Å². The molecule has 0 saturated carbocycles. The fourth-order valence-electron chi connectivity index (χ4n) is 2.92. The Bertz CT molecular complexity index is 796. The Hall–Kier alpha value is -3.40. The molecule has 0 radical (unpaired) electrons. The maximum Gasteiger partial charge on any atom is 0.0621 e. The van der Waals surface area contributed by atoms with Crippen molar-refractivity contribution in [2.75, 3.05) is 0 Å². The minimum atomic E-state index is 0.878. The van der Waals surface area contributed by atoms with Crippen molar-refractivity contribution in [1.82, 2.24) is 21.3 Å². The van der Waals surface area contributed by atoms with Gasteiger partial charge in [-0.05, 0) is 66.2 Å². The molecule has 0 unspecified atom stereocenters. The normalized spacial score (nSPS) is 26.4. The van der Waals surface area contributed by atoms with E-state index in [9.17, 15) is 0 Å². The third-order valence-electron chi connectivity index (χ3n) is 4.14. The molecule has 4 heterocycles. The molecule has 124 valence electrons. The van der Waals surface area contributed by atoms with Gasteiger partial charge in [-0.1, -0.05) is 12.2 Å². The van der Waals surface area contributed by atoms with E-state index < -0.39 is 0 Å². The van der Waals surface area contributed by atoms with Gasteiger partial charge >= 0.3 is 0 Å². The van der Waals surface area contributed by atoms with E-state index in [1.807, 2.05) is 49.1 Å². The summed E-state index contributed by atoms with van der Waals surface area (Å²) in [5, 5.41) is 13.1. The van der Waals surface area contributed by atoms with Gasteiger partial charge in [0.2, 0.25) is 0 Å². The van der Waals surface area contributed by atoms with Gasteiger partial charge in [0.15, 0.2) is 0 Å². The smallest absolute Gasteiger partial charge is 0.0621 e. The van der Waals surface area contributed by atoms with E-state index >= 15 is 0 Å². The number of hydrogen-bond donors (Lipinski definition) is 4. The van der Waals surface area contributed by atoms with E-state index in [4.69, 9.17) is 0 Å². The molecular weight excluding hydrogens is 308 g/mol. The molecule has 4 heteroatoms. The summed E-state index contributed by atoms with van der Waals surface area (Å²) < 4.78 is 0. The van der Waals surface area contributed by atoms with Gasteiger partial charge in [0.1, 0.15) is 0 Å². The van der Waals surface area contributed by atoms with Gasteiger partial charge in [0.25, 0.3) is 0 Å². The van der Waals surface area contributed by atoms with Gasteiger partial charge in [0, 0.05) is 24.8 Å². The molecule has 0 aromatic carbocycles. The van der Waals surface area contributed by atoms with Gasteiger partial charge in [-0.25, -0.2) is 0 Å². The lowest BCUT2D eigenvalue weighted by molar-refractivity contribution is 0.958. The average Bonchev–Trinajstić information content (AvgIpc) is 2.70. The highest BCUT2D eigenvalue weighted by Gasteiger charge is 2.10. The summed E-state index contributed by atoms with van der Waals surface area (Å²) in [6.07, 6.45) is 29.5. The Kier molecular flexibility index (Phi) is 4.25. The van der Waals surface area contributed by atoms with Crippen LogP contribution < -0.4 is 21.3 Å². The van der Waals surface area contributed by atoms with E-state index in [0.717, 1.165) is 29.2 Å². The summed E-state index contributed by atoms with van der Waals surface area (Å²) in [7, 11) is 0. The third-order valence-corrected chi connectivity index (χ3v) is 4.14. The second-order valence-electron chi connectivity index (χ2n) is 5.95. The summed E-state index contributed by atoms with van der Waals surface area (Å²) in [4.78, 5) is 0. The van der Waals surface area contributed by atoms with E-state index in [1.54, 1.807) is 0 Å². The first kappa shape index (κ1) is 15.1. The van der Waals surface area contributed by atoms with Crippen LogP contribution >= 0.6 is 0 Å². The summed E-state index contributed by atoms with van der Waals surface area (Å²) in [5.41, 5.74) is 6.84. The van der Waals surface area contributed by atoms with E-state index in [-0.39, 0.29) is 0 Å². The van der Waals surface area contributed by atoms with E-state index in [1.165, 1.54) is 11.1 Å². The number of dihydropyridines is 4. The molecule has 4 aliphatic rings. The van der Waals surface area contributed by atoms with Crippen LogP contribution in [-0.2, 0) is 0 Å². The fraction of sp³-hybridized carbons (Fsp3) is 0.0476. The number of allylic oxidation sites excluding steroid dienone is 12.